The lowest BCUT2D eigenvalue weighted by Gasteiger charge is -2.28. The largest absolute Gasteiger partial charge is 0.363 e. The predicted molar refractivity (Wildman–Crippen MR) is 85.1 cm³/mol. The Kier molecular flexibility index (Phi) is 4.79. The quantitative estimate of drug-likeness (QED) is 0.895. The monoisotopic (exact) mass is 336 g/mol. The number of nitrogens with one attached hydrogen (secondary N) is 1. The van der Waals surface area contributed by atoms with Crippen molar-refractivity contribution in [3.05, 3.63) is 30.3 Å². The zero-order chi connectivity index (χ0) is 17.1. The highest BCUT2D eigenvalue weighted by molar-refractivity contribution is 5.87. The number of carbonyl (C=O) groups excluding carboxylic acids is 1. The smallest absolute Gasteiger partial charge is 0.322 e. The van der Waals surface area contributed by atoms with E-state index < -0.39 is 6.17 Å². The minimum absolute atomic E-state index is 0.0340. The van der Waals surface area contributed by atoms with Gasteiger partial charge < -0.3 is 9.42 Å². The van der Waals surface area contributed by atoms with Crippen LogP contribution in [0.5, 0.6) is 0 Å². The normalized spacial score (nSPS) is 21.1. The maximum atomic E-state index is 13.9. The average molecular weight is 336 g/mol. The van der Waals surface area contributed by atoms with Gasteiger partial charge in [0, 0.05) is 57.6 Å². The van der Waals surface area contributed by atoms with E-state index in [2.05, 4.69) is 25.0 Å². The fraction of sp³-hybridized carbons (Fsp3) is 0.533. The molecule has 0 radical (unpaired) electrons. The van der Waals surface area contributed by atoms with Crippen LogP contribution in [0.2, 0.25) is 0 Å². The summed E-state index contributed by atoms with van der Waals surface area (Å²) in [4.78, 5) is 15.7. The topological polar surface area (TPSA) is 79.4 Å². The van der Waals surface area contributed by atoms with Crippen LogP contribution in [0.1, 0.15) is 12.0 Å². The van der Waals surface area contributed by atoms with Crippen LogP contribution in [0, 0.1) is 0 Å². The highest BCUT2D eigenvalue weighted by Gasteiger charge is 2.33. The van der Waals surface area contributed by atoms with Gasteiger partial charge in [0.2, 0.25) is 0 Å². The summed E-state index contributed by atoms with van der Waals surface area (Å²) in [5.74, 6) is 0.355. The third-order valence-corrected chi connectivity index (χ3v) is 4.12. The summed E-state index contributed by atoms with van der Waals surface area (Å²) in [6.45, 7) is 1.43. The Balaban J connectivity index is 1.58. The number of aromatic nitrogens is 3. The van der Waals surface area contributed by atoms with Crippen LogP contribution < -0.4 is 5.32 Å². The number of aryl methyl sites for hydroxylation is 1. The highest BCUT2D eigenvalue weighted by Crippen LogP contribution is 2.23. The Hall–Kier alpha value is -2.42. The molecule has 2 atom stereocenters. The molecule has 0 spiro atoms. The van der Waals surface area contributed by atoms with E-state index in [-0.39, 0.29) is 12.1 Å². The van der Waals surface area contributed by atoms with Crippen molar-refractivity contribution in [2.75, 3.05) is 25.5 Å². The molecule has 2 aromatic rings. The van der Waals surface area contributed by atoms with Crippen molar-refractivity contribution in [2.24, 2.45) is 7.05 Å². The molecule has 3 rings (SSSR count). The maximum absolute atomic E-state index is 13.9. The predicted octanol–water partition coefficient (Wildman–Crippen LogP) is 1.48. The van der Waals surface area contributed by atoms with E-state index in [1.807, 2.05) is 13.2 Å². The molecule has 1 aliphatic heterocycles. The van der Waals surface area contributed by atoms with E-state index in [1.54, 1.807) is 24.0 Å². The van der Waals surface area contributed by atoms with Crippen molar-refractivity contribution in [1.29, 1.82) is 0 Å². The van der Waals surface area contributed by atoms with E-state index in [1.165, 1.54) is 11.2 Å². The first-order valence-corrected chi connectivity index (χ1v) is 7.79. The molecule has 1 saturated heterocycles. The van der Waals surface area contributed by atoms with Gasteiger partial charge in [-0.2, -0.15) is 5.10 Å². The molecule has 0 unspecified atom stereocenters. The van der Waals surface area contributed by atoms with E-state index in [4.69, 9.17) is 0 Å². The van der Waals surface area contributed by atoms with Crippen LogP contribution in [0.4, 0.5) is 15.0 Å². The third-order valence-electron chi connectivity index (χ3n) is 4.12. The number of nitrogens with zero attached hydrogens (tertiary/aromatic N) is 5. The number of hydrogen-bond acceptors (Lipinski definition) is 5. The number of likely N-dealkylation sites (tertiary alicyclic amines) is 1. The number of anilines is 1. The molecule has 0 bridgehead atoms. The lowest BCUT2D eigenvalue weighted by molar-refractivity contribution is 0.183. The maximum Gasteiger partial charge on any atom is 0.322 e. The number of hydrogen-bond donors (Lipinski definition) is 1. The minimum Gasteiger partial charge on any atom is -0.363 e. The summed E-state index contributed by atoms with van der Waals surface area (Å²) in [5.41, 5.74) is 1.03. The zero-order valence-electron chi connectivity index (χ0n) is 13.7. The SMILES string of the molecule is CN(C[C@@H]1C[C@H](F)CN1Cc1cnn(C)c1)C(=O)Nc1ccon1. The lowest BCUT2D eigenvalue weighted by atomic mass is 10.2. The van der Waals surface area contributed by atoms with Crippen LogP contribution in [-0.2, 0) is 13.6 Å². The summed E-state index contributed by atoms with van der Waals surface area (Å²) in [5, 5.41) is 10.4. The molecule has 0 aliphatic carbocycles. The number of alkyl halides is 1. The van der Waals surface area contributed by atoms with E-state index >= 15 is 0 Å². The fourth-order valence-electron chi connectivity index (χ4n) is 2.98. The number of amides is 2. The number of halogens is 1. The van der Waals surface area contributed by atoms with Gasteiger partial charge in [-0.3, -0.25) is 14.9 Å². The number of carbonyl (C=O) groups is 1. The number of likely N-dealkylation sites (N-methyl/N-ethyl adjacent to an activating group) is 1. The van der Waals surface area contributed by atoms with Crippen LogP contribution >= 0.6 is 0 Å². The van der Waals surface area contributed by atoms with Gasteiger partial charge in [-0.25, -0.2) is 9.18 Å². The lowest BCUT2D eigenvalue weighted by Crippen LogP contribution is -2.42. The minimum atomic E-state index is -0.876. The van der Waals surface area contributed by atoms with Crippen LogP contribution in [0.25, 0.3) is 0 Å². The molecule has 130 valence electrons. The molecule has 1 N–H and O–H groups in total. The average Bonchev–Trinajstić information content (AvgIpc) is 3.23. The van der Waals surface area contributed by atoms with Crippen LogP contribution in [-0.4, -0.2) is 63.1 Å². The second-order valence-electron chi connectivity index (χ2n) is 6.13. The van der Waals surface area contributed by atoms with Gasteiger partial charge in [-0.15, -0.1) is 0 Å². The number of rotatable bonds is 5. The van der Waals surface area contributed by atoms with Crippen molar-refractivity contribution in [3.8, 4) is 0 Å². The molecule has 1 fully saturated rings. The van der Waals surface area contributed by atoms with Gasteiger partial charge in [-0.1, -0.05) is 5.16 Å². The molecule has 3 heterocycles. The molecule has 24 heavy (non-hydrogen) atoms. The molecule has 2 amide bonds. The second kappa shape index (κ2) is 7.00. The Bertz CT molecular complexity index is 673. The molecule has 0 saturated carbocycles. The first-order chi connectivity index (χ1) is 11.5. The molecular formula is C15H21FN6O2. The van der Waals surface area contributed by atoms with E-state index in [0.29, 0.717) is 31.9 Å². The summed E-state index contributed by atoms with van der Waals surface area (Å²) in [6, 6.07) is 1.23. The van der Waals surface area contributed by atoms with Gasteiger partial charge in [0.05, 0.1) is 6.20 Å². The van der Waals surface area contributed by atoms with Gasteiger partial charge in [0.25, 0.3) is 0 Å². The molecule has 1 aliphatic rings. The van der Waals surface area contributed by atoms with Crippen molar-refractivity contribution >= 4 is 11.8 Å². The van der Waals surface area contributed by atoms with Gasteiger partial charge in [-0.05, 0) is 6.42 Å². The van der Waals surface area contributed by atoms with Crippen molar-refractivity contribution < 1.29 is 13.7 Å². The fourth-order valence-corrected chi connectivity index (χ4v) is 2.98. The van der Waals surface area contributed by atoms with Crippen molar-refractivity contribution in [1.82, 2.24) is 24.7 Å². The first kappa shape index (κ1) is 16.4. The van der Waals surface area contributed by atoms with E-state index in [0.717, 1.165) is 5.56 Å². The Morgan fingerprint density at radius 1 is 1.58 bits per heavy atom. The molecular weight excluding hydrogens is 315 g/mol. The molecule has 2 aromatic heterocycles. The Labute approximate surface area is 139 Å². The van der Waals surface area contributed by atoms with Crippen LogP contribution in [0.3, 0.4) is 0 Å². The standard InChI is InChI=1S/C15H21FN6O2/c1-20(15(23)18-14-3-4-24-19-14)10-13-5-12(16)9-22(13)8-11-6-17-21(2)7-11/h3-4,6-7,12-13H,5,8-10H2,1-2H3,(H,18,19,23)/t12-,13-/m0/s1. The number of urea groups is 1. The Morgan fingerprint density at radius 2 is 2.42 bits per heavy atom. The highest BCUT2D eigenvalue weighted by atomic mass is 19.1. The summed E-state index contributed by atoms with van der Waals surface area (Å²) >= 11 is 0. The van der Waals surface area contributed by atoms with E-state index in [9.17, 15) is 9.18 Å². The van der Waals surface area contributed by atoms with Gasteiger partial charge >= 0.3 is 6.03 Å². The summed E-state index contributed by atoms with van der Waals surface area (Å²) in [7, 11) is 3.54. The Morgan fingerprint density at radius 3 is 3.08 bits per heavy atom. The second-order valence-corrected chi connectivity index (χ2v) is 6.13. The third kappa shape index (κ3) is 3.91. The summed E-state index contributed by atoms with van der Waals surface area (Å²) in [6.07, 6.45) is 4.63. The van der Waals surface area contributed by atoms with Crippen LogP contribution in [0.15, 0.2) is 29.2 Å². The first-order valence-electron chi connectivity index (χ1n) is 7.79. The molecule has 9 heteroatoms. The van der Waals surface area contributed by atoms with Gasteiger partial charge in [0.15, 0.2) is 5.82 Å². The zero-order valence-corrected chi connectivity index (χ0v) is 13.7. The summed E-state index contributed by atoms with van der Waals surface area (Å²) < 4.78 is 20.3. The van der Waals surface area contributed by atoms with Crippen molar-refractivity contribution in [2.45, 2.75) is 25.2 Å². The molecule has 8 nitrogen and oxygen atoms in total. The van der Waals surface area contributed by atoms with Crippen molar-refractivity contribution in [3.63, 3.8) is 0 Å². The molecule has 0 aromatic carbocycles. The van der Waals surface area contributed by atoms with Gasteiger partial charge in [0.1, 0.15) is 12.4 Å².